The van der Waals surface area contributed by atoms with Crippen LogP contribution in [0.4, 0.5) is 0 Å². The molecule has 2 rings (SSSR count). The summed E-state index contributed by atoms with van der Waals surface area (Å²) >= 11 is 0. The largest absolute Gasteiger partial charge is 0.387 e. The molecule has 0 aliphatic carbocycles. The summed E-state index contributed by atoms with van der Waals surface area (Å²) in [7, 11) is 0. The van der Waals surface area contributed by atoms with Crippen molar-refractivity contribution in [3.63, 3.8) is 0 Å². The topological polar surface area (TPSA) is 32.3 Å². The second-order valence-corrected chi connectivity index (χ2v) is 5.68. The van der Waals surface area contributed by atoms with Crippen LogP contribution in [0.5, 0.6) is 0 Å². The molecule has 0 aliphatic heterocycles. The second-order valence-electron chi connectivity index (χ2n) is 5.68. The summed E-state index contributed by atoms with van der Waals surface area (Å²) in [4.78, 5) is 0. The molecule has 2 aromatic carbocycles. The van der Waals surface area contributed by atoms with E-state index < -0.39 is 6.10 Å². The first-order valence-corrected chi connectivity index (χ1v) is 7.67. The number of aliphatic hydroxyl groups excluding tert-OH is 1. The first-order valence-electron chi connectivity index (χ1n) is 7.67. The lowest BCUT2D eigenvalue weighted by atomic mass is 9.99. The van der Waals surface area contributed by atoms with Crippen molar-refractivity contribution in [1.82, 2.24) is 5.32 Å². The quantitative estimate of drug-likeness (QED) is 0.817. The van der Waals surface area contributed by atoms with E-state index in [0.29, 0.717) is 0 Å². The van der Waals surface area contributed by atoms with Crippen LogP contribution in [0, 0.1) is 6.92 Å². The van der Waals surface area contributed by atoms with E-state index in [2.05, 4.69) is 43.4 Å². The van der Waals surface area contributed by atoms with Gasteiger partial charge >= 0.3 is 0 Å². The molecule has 120 valence electrons. The summed E-state index contributed by atoms with van der Waals surface area (Å²) in [6, 6.07) is 18.7. The van der Waals surface area contributed by atoms with Crippen molar-refractivity contribution in [3.8, 4) is 0 Å². The molecular formula is C19H26ClNO. The van der Waals surface area contributed by atoms with Gasteiger partial charge in [-0.15, -0.1) is 12.4 Å². The standard InChI is InChI=1S/C19H25NO.ClH/c1-4-18(16-12-10-14(2)11-13-16)20-15(3)19(21)17-8-6-5-7-9-17;/h5-13,15,18-21H,4H2,1-3H3;1H. The lowest BCUT2D eigenvalue weighted by molar-refractivity contribution is 0.129. The Kier molecular flexibility index (Phi) is 7.60. The Morgan fingerprint density at radius 1 is 0.955 bits per heavy atom. The number of aryl methyl sites for hydroxylation is 1. The first-order chi connectivity index (χ1) is 10.1. The number of nitrogens with one attached hydrogen (secondary N) is 1. The van der Waals surface area contributed by atoms with E-state index in [1.807, 2.05) is 37.3 Å². The molecule has 3 heteroatoms. The van der Waals surface area contributed by atoms with Gasteiger partial charge in [-0.2, -0.15) is 0 Å². The van der Waals surface area contributed by atoms with E-state index in [0.717, 1.165) is 12.0 Å². The number of halogens is 1. The SMILES string of the molecule is CCC(NC(C)C(O)c1ccccc1)c1ccc(C)cc1.Cl. The van der Waals surface area contributed by atoms with E-state index in [4.69, 9.17) is 0 Å². The van der Waals surface area contributed by atoms with Gasteiger partial charge in [0.05, 0.1) is 6.10 Å². The molecule has 3 atom stereocenters. The van der Waals surface area contributed by atoms with E-state index >= 15 is 0 Å². The van der Waals surface area contributed by atoms with E-state index in [1.54, 1.807) is 0 Å². The number of aliphatic hydroxyl groups is 1. The summed E-state index contributed by atoms with van der Waals surface area (Å²) in [5.74, 6) is 0. The highest BCUT2D eigenvalue weighted by molar-refractivity contribution is 5.85. The van der Waals surface area contributed by atoms with Gasteiger partial charge in [0.2, 0.25) is 0 Å². The first kappa shape index (κ1) is 18.7. The van der Waals surface area contributed by atoms with Crippen LogP contribution in [0.3, 0.4) is 0 Å². The number of hydrogen-bond donors (Lipinski definition) is 2. The number of benzene rings is 2. The Hall–Kier alpha value is -1.35. The Balaban J connectivity index is 0.00000242. The molecule has 0 saturated carbocycles. The van der Waals surface area contributed by atoms with Crippen molar-refractivity contribution in [2.24, 2.45) is 0 Å². The molecular weight excluding hydrogens is 294 g/mol. The average molecular weight is 320 g/mol. The molecule has 2 N–H and O–H groups in total. The predicted molar refractivity (Wildman–Crippen MR) is 95.5 cm³/mol. The number of hydrogen-bond acceptors (Lipinski definition) is 2. The molecule has 0 amide bonds. The van der Waals surface area contributed by atoms with Gasteiger partial charge in [-0.05, 0) is 31.4 Å². The van der Waals surface area contributed by atoms with Crippen molar-refractivity contribution in [2.75, 3.05) is 0 Å². The summed E-state index contributed by atoms with van der Waals surface area (Å²) < 4.78 is 0. The molecule has 0 aliphatic rings. The van der Waals surface area contributed by atoms with Gasteiger partial charge in [-0.1, -0.05) is 67.1 Å². The van der Waals surface area contributed by atoms with E-state index in [9.17, 15) is 5.11 Å². The molecule has 0 saturated heterocycles. The third-order valence-electron chi connectivity index (χ3n) is 3.97. The second kappa shape index (κ2) is 8.94. The highest BCUT2D eigenvalue weighted by Gasteiger charge is 2.19. The maximum Gasteiger partial charge on any atom is 0.0940 e. The lowest BCUT2D eigenvalue weighted by Gasteiger charge is -2.26. The van der Waals surface area contributed by atoms with Crippen LogP contribution >= 0.6 is 12.4 Å². The van der Waals surface area contributed by atoms with Crippen LogP contribution in [0.2, 0.25) is 0 Å². The highest BCUT2D eigenvalue weighted by atomic mass is 35.5. The van der Waals surface area contributed by atoms with Crippen LogP contribution in [0.15, 0.2) is 54.6 Å². The van der Waals surface area contributed by atoms with Gasteiger partial charge in [0, 0.05) is 12.1 Å². The minimum atomic E-state index is -0.495. The zero-order valence-electron chi connectivity index (χ0n) is 13.5. The van der Waals surface area contributed by atoms with Crippen molar-refractivity contribution < 1.29 is 5.11 Å². The Morgan fingerprint density at radius 3 is 2.09 bits per heavy atom. The monoisotopic (exact) mass is 319 g/mol. The zero-order valence-corrected chi connectivity index (χ0v) is 14.3. The predicted octanol–water partition coefficient (Wildman–Crippen LogP) is 4.58. The van der Waals surface area contributed by atoms with Crippen LogP contribution in [0.25, 0.3) is 0 Å². The normalized spacial score (nSPS) is 14.7. The van der Waals surface area contributed by atoms with Crippen LogP contribution in [-0.4, -0.2) is 11.1 Å². The third-order valence-corrected chi connectivity index (χ3v) is 3.97. The van der Waals surface area contributed by atoms with Gasteiger partial charge in [-0.25, -0.2) is 0 Å². The average Bonchev–Trinajstić information content (AvgIpc) is 2.53. The Morgan fingerprint density at radius 2 is 1.55 bits per heavy atom. The van der Waals surface area contributed by atoms with Gasteiger partial charge < -0.3 is 10.4 Å². The Bertz CT molecular complexity index is 541. The molecule has 0 aromatic heterocycles. The molecule has 2 nitrogen and oxygen atoms in total. The molecule has 2 aromatic rings. The summed E-state index contributed by atoms with van der Waals surface area (Å²) in [6.45, 7) is 6.30. The summed E-state index contributed by atoms with van der Waals surface area (Å²) in [5, 5.41) is 14.0. The minimum absolute atomic E-state index is 0. The molecule has 0 spiro atoms. The fourth-order valence-corrected chi connectivity index (χ4v) is 2.60. The third kappa shape index (κ3) is 4.84. The van der Waals surface area contributed by atoms with Gasteiger partial charge in [0.15, 0.2) is 0 Å². The van der Waals surface area contributed by atoms with Gasteiger partial charge in [0.1, 0.15) is 0 Å². The minimum Gasteiger partial charge on any atom is -0.387 e. The maximum atomic E-state index is 10.5. The summed E-state index contributed by atoms with van der Waals surface area (Å²) in [5.41, 5.74) is 3.50. The Labute approximate surface area is 140 Å². The fourth-order valence-electron chi connectivity index (χ4n) is 2.60. The van der Waals surface area contributed by atoms with Crippen LogP contribution in [0.1, 0.15) is 49.1 Å². The van der Waals surface area contributed by atoms with Crippen LogP contribution < -0.4 is 5.32 Å². The van der Waals surface area contributed by atoms with Crippen molar-refractivity contribution >= 4 is 12.4 Å². The van der Waals surface area contributed by atoms with E-state index in [1.165, 1.54) is 11.1 Å². The molecule has 0 fully saturated rings. The number of rotatable bonds is 6. The summed E-state index contributed by atoms with van der Waals surface area (Å²) in [6.07, 6.45) is 0.500. The van der Waals surface area contributed by atoms with Gasteiger partial charge in [0.25, 0.3) is 0 Å². The highest BCUT2D eigenvalue weighted by Crippen LogP contribution is 2.22. The van der Waals surface area contributed by atoms with Crippen molar-refractivity contribution in [3.05, 3.63) is 71.3 Å². The van der Waals surface area contributed by atoms with Crippen LogP contribution in [-0.2, 0) is 0 Å². The van der Waals surface area contributed by atoms with Gasteiger partial charge in [-0.3, -0.25) is 0 Å². The molecule has 0 heterocycles. The molecule has 22 heavy (non-hydrogen) atoms. The molecule has 0 radical (unpaired) electrons. The fraction of sp³-hybridized carbons (Fsp3) is 0.368. The van der Waals surface area contributed by atoms with E-state index in [-0.39, 0.29) is 24.5 Å². The van der Waals surface area contributed by atoms with Crippen molar-refractivity contribution in [2.45, 2.75) is 45.4 Å². The maximum absolute atomic E-state index is 10.5. The molecule has 0 bridgehead atoms. The van der Waals surface area contributed by atoms with Crippen molar-refractivity contribution in [1.29, 1.82) is 0 Å². The molecule has 3 unspecified atom stereocenters. The lowest BCUT2D eigenvalue weighted by Crippen LogP contribution is -2.35. The smallest absolute Gasteiger partial charge is 0.0940 e. The zero-order chi connectivity index (χ0) is 15.2.